The predicted octanol–water partition coefficient (Wildman–Crippen LogP) is 2.22. The van der Waals surface area contributed by atoms with E-state index in [0.717, 1.165) is 19.3 Å². The topological polar surface area (TPSA) is 72.6 Å². The summed E-state index contributed by atoms with van der Waals surface area (Å²) in [5.41, 5.74) is 0.629. The Kier molecular flexibility index (Phi) is 3.78. The van der Waals surface area contributed by atoms with E-state index in [9.17, 15) is 4.79 Å². The molecule has 1 aromatic rings. The molecule has 0 saturated heterocycles. The number of hydrogen-bond donors (Lipinski definition) is 1. The lowest BCUT2D eigenvalue weighted by atomic mass is 10.2. The van der Waals surface area contributed by atoms with Gasteiger partial charge in [-0.15, -0.1) is 0 Å². The third kappa shape index (κ3) is 3.06. The van der Waals surface area contributed by atoms with Gasteiger partial charge in [-0.1, -0.05) is 0 Å². The average molecular weight is 239 g/mol. The fourth-order valence-electron chi connectivity index (χ4n) is 1.74. The van der Waals surface area contributed by atoms with E-state index < -0.39 is 5.97 Å². The molecule has 2 rings (SSSR count). The fourth-order valence-corrected chi connectivity index (χ4v) is 1.74. The van der Waals surface area contributed by atoms with Crippen LogP contribution in [0, 0.1) is 0 Å². The molecule has 0 aliphatic heterocycles. The Labute approximate surface area is 99.8 Å². The molecule has 0 atom stereocenters. The van der Waals surface area contributed by atoms with Crippen LogP contribution in [0.1, 0.15) is 54.2 Å². The van der Waals surface area contributed by atoms with Gasteiger partial charge < -0.3 is 14.3 Å². The van der Waals surface area contributed by atoms with Crippen molar-refractivity contribution in [1.82, 2.24) is 4.98 Å². The molecule has 5 nitrogen and oxygen atoms in total. The van der Waals surface area contributed by atoms with Gasteiger partial charge in [0.1, 0.15) is 0 Å². The van der Waals surface area contributed by atoms with E-state index in [0.29, 0.717) is 37.1 Å². The van der Waals surface area contributed by atoms with Gasteiger partial charge in [-0.3, -0.25) is 0 Å². The maximum atomic E-state index is 11.0. The van der Waals surface area contributed by atoms with Gasteiger partial charge in [0.15, 0.2) is 5.89 Å². The van der Waals surface area contributed by atoms with Crippen molar-refractivity contribution < 1.29 is 19.1 Å². The lowest BCUT2D eigenvalue weighted by Crippen LogP contribution is -1.98. The van der Waals surface area contributed by atoms with E-state index in [2.05, 4.69) is 4.98 Å². The molecule has 17 heavy (non-hydrogen) atoms. The molecule has 1 aliphatic carbocycles. The summed E-state index contributed by atoms with van der Waals surface area (Å²) in [4.78, 5) is 15.3. The highest BCUT2D eigenvalue weighted by atomic mass is 16.5. The van der Waals surface area contributed by atoms with Crippen LogP contribution in [-0.4, -0.2) is 29.3 Å². The molecule has 0 unspecified atom stereocenters. The SMILES string of the molecule is CCOCCCc1nc(C2CC2)c(C(=O)O)o1. The number of rotatable bonds is 7. The zero-order valence-corrected chi connectivity index (χ0v) is 9.94. The van der Waals surface area contributed by atoms with Gasteiger partial charge in [0, 0.05) is 25.6 Å². The van der Waals surface area contributed by atoms with Crippen LogP contribution in [0.3, 0.4) is 0 Å². The van der Waals surface area contributed by atoms with Crippen LogP contribution in [0.15, 0.2) is 4.42 Å². The third-order valence-corrected chi connectivity index (χ3v) is 2.74. The second-order valence-electron chi connectivity index (χ2n) is 4.20. The van der Waals surface area contributed by atoms with E-state index in [-0.39, 0.29) is 5.76 Å². The molecular formula is C12H17NO4. The molecule has 1 aromatic heterocycles. The van der Waals surface area contributed by atoms with E-state index in [4.69, 9.17) is 14.3 Å². The van der Waals surface area contributed by atoms with Crippen molar-refractivity contribution in [2.24, 2.45) is 0 Å². The summed E-state index contributed by atoms with van der Waals surface area (Å²) in [5, 5.41) is 9.01. The molecule has 1 fully saturated rings. The van der Waals surface area contributed by atoms with Crippen LogP contribution in [0.4, 0.5) is 0 Å². The second-order valence-corrected chi connectivity index (χ2v) is 4.20. The maximum absolute atomic E-state index is 11.0. The second kappa shape index (κ2) is 5.31. The zero-order chi connectivity index (χ0) is 12.3. The number of hydrogen-bond acceptors (Lipinski definition) is 4. The Hall–Kier alpha value is -1.36. The highest BCUT2D eigenvalue weighted by Gasteiger charge is 2.33. The summed E-state index contributed by atoms with van der Waals surface area (Å²) in [5.74, 6) is -0.177. The minimum absolute atomic E-state index is 0.0268. The molecule has 94 valence electrons. The van der Waals surface area contributed by atoms with Crippen LogP contribution in [0.5, 0.6) is 0 Å². The first kappa shape index (κ1) is 12.1. The summed E-state index contributed by atoms with van der Waals surface area (Å²) >= 11 is 0. The number of carboxylic acid groups (broad SMARTS) is 1. The predicted molar refractivity (Wildman–Crippen MR) is 60.3 cm³/mol. The highest BCUT2D eigenvalue weighted by molar-refractivity contribution is 5.85. The van der Waals surface area contributed by atoms with Crippen LogP contribution < -0.4 is 0 Å². The average Bonchev–Trinajstić information content (AvgIpc) is 3.05. The standard InChI is InChI=1S/C12H17NO4/c1-2-16-7-3-4-9-13-10(8-5-6-8)11(17-9)12(14)15/h8H,2-7H2,1H3,(H,14,15). The minimum atomic E-state index is -1.02. The van der Waals surface area contributed by atoms with Gasteiger partial charge in [0.25, 0.3) is 0 Å². The third-order valence-electron chi connectivity index (χ3n) is 2.74. The molecule has 0 amide bonds. The van der Waals surface area contributed by atoms with Crippen molar-refractivity contribution in [3.05, 3.63) is 17.3 Å². The molecule has 1 aliphatic rings. The van der Waals surface area contributed by atoms with Crippen molar-refractivity contribution in [2.45, 2.75) is 38.5 Å². The molecule has 1 heterocycles. The summed E-state index contributed by atoms with van der Waals surface area (Å²) in [6.45, 7) is 3.29. The smallest absolute Gasteiger partial charge is 0.373 e. The molecule has 1 saturated carbocycles. The largest absolute Gasteiger partial charge is 0.475 e. The summed E-state index contributed by atoms with van der Waals surface area (Å²) < 4.78 is 10.5. The first-order valence-electron chi connectivity index (χ1n) is 6.03. The zero-order valence-electron chi connectivity index (χ0n) is 9.94. The van der Waals surface area contributed by atoms with Gasteiger partial charge in [-0.25, -0.2) is 9.78 Å². The number of carbonyl (C=O) groups is 1. The van der Waals surface area contributed by atoms with E-state index in [1.54, 1.807) is 0 Å². The first-order valence-corrected chi connectivity index (χ1v) is 6.03. The molecule has 5 heteroatoms. The van der Waals surface area contributed by atoms with Crippen molar-refractivity contribution in [1.29, 1.82) is 0 Å². The van der Waals surface area contributed by atoms with Crippen LogP contribution in [0.2, 0.25) is 0 Å². The van der Waals surface area contributed by atoms with Crippen LogP contribution in [0.25, 0.3) is 0 Å². The first-order chi connectivity index (χ1) is 8.22. The summed E-state index contributed by atoms with van der Waals surface area (Å²) in [7, 11) is 0. The van der Waals surface area contributed by atoms with E-state index >= 15 is 0 Å². The minimum Gasteiger partial charge on any atom is -0.475 e. The summed E-state index contributed by atoms with van der Waals surface area (Å²) in [6.07, 6.45) is 3.47. The van der Waals surface area contributed by atoms with E-state index in [1.165, 1.54) is 0 Å². The normalized spacial score (nSPS) is 15.1. The molecule has 1 N–H and O–H groups in total. The number of aryl methyl sites for hydroxylation is 1. The van der Waals surface area contributed by atoms with Gasteiger partial charge in [0.2, 0.25) is 5.76 Å². The van der Waals surface area contributed by atoms with Crippen molar-refractivity contribution >= 4 is 5.97 Å². The summed E-state index contributed by atoms with van der Waals surface area (Å²) in [6, 6.07) is 0. The number of oxazole rings is 1. The Bertz CT molecular complexity index is 395. The highest BCUT2D eigenvalue weighted by Crippen LogP contribution is 2.41. The van der Waals surface area contributed by atoms with Gasteiger partial charge in [0.05, 0.1) is 5.69 Å². The molecule has 0 aromatic carbocycles. The lowest BCUT2D eigenvalue weighted by molar-refractivity contribution is 0.0658. The number of aromatic nitrogens is 1. The number of nitrogens with zero attached hydrogens (tertiary/aromatic N) is 1. The molecule has 0 bridgehead atoms. The van der Waals surface area contributed by atoms with Crippen molar-refractivity contribution in [3.63, 3.8) is 0 Å². The van der Waals surface area contributed by atoms with Gasteiger partial charge in [-0.05, 0) is 26.2 Å². The Morgan fingerprint density at radius 1 is 1.59 bits per heavy atom. The van der Waals surface area contributed by atoms with Gasteiger partial charge in [-0.2, -0.15) is 0 Å². The van der Waals surface area contributed by atoms with Gasteiger partial charge >= 0.3 is 5.97 Å². The lowest BCUT2D eigenvalue weighted by Gasteiger charge is -1.97. The Balaban J connectivity index is 1.98. The Morgan fingerprint density at radius 2 is 2.35 bits per heavy atom. The van der Waals surface area contributed by atoms with Crippen molar-refractivity contribution in [3.8, 4) is 0 Å². The molecule has 0 spiro atoms. The monoisotopic (exact) mass is 239 g/mol. The fraction of sp³-hybridized carbons (Fsp3) is 0.667. The number of aromatic carboxylic acids is 1. The quantitative estimate of drug-likeness (QED) is 0.738. The maximum Gasteiger partial charge on any atom is 0.373 e. The van der Waals surface area contributed by atoms with E-state index in [1.807, 2.05) is 6.92 Å². The Morgan fingerprint density at radius 3 is 2.94 bits per heavy atom. The molecular weight excluding hydrogens is 222 g/mol. The van der Waals surface area contributed by atoms with Crippen molar-refractivity contribution in [2.75, 3.05) is 13.2 Å². The van der Waals surface area contributed by atoms with Crippen LogP contribution >= 0.6 is 0 Å². The number of ether oxygens (including phenoxy) is 1. The number of carboxylic acids is 1. The molecule has 0 radical (unpaired) electrons. The van der Waals surface area contributed by atoms with Crippen LogP contribution in [-0.2, 0) is 11.2 Å².